The number of hydrogen-bond acceptors (Lipinski definition) is 2. The van der Waals surface area contributed by atoms with Gasteiger partial charge in [0.2, 0.25) is 0 Å². The van der Waals surface area contributed by atoms with E-state index in [1.54, 1.807) is 0 Å². The zero-order valence-corrected chi connectivity index (χ0v) is 10.2. The Labute approximate surface area is 105 Å². The Hall–Kier alpha value is -0.740. The van der Waals surface area contributed by atoms with Crippen LogP contribution in [0.15, 0.2) is 6.20 Å². The molecule has 9 heteroatoms. The molecule has 96 valence electrons. The van der Waals surface area contributed by atoms with Crippen molar-refractivity contribution in [1.82, 2.24) is 4.98 Å². The van der Waals surface area contributed by atoms with Crippen molar-refractivity contribution in [3.8, 4) is 5.75 Å². The standard InChI is InChI=1S/C8H4F6INO/c1-3-2-16-6(15)5(17-8(12,13)14)4(3)7(9,10)11/h2H,1H3. The lowest BCUT2D eigenvalue weighted by Crippen LogP contribution is -2.22. The van der Waals surface area contributed by atoms with Gasteiger partial charge in [-0.25, -0.2) is 4.98 Å². The second-order valence-corrected chi connectivity index (χ2v) is 4.00. The van der Waals surface area contributed by atoms with Crippen molar-refractivity contribution < 1.29 is 31.1 Å². The first kappa shape index (κ1) is 14.3. The molecule has 0 atom stereocenters. The summed E-state index contributed by atoms with van der Waals surface area (Å²) in [4.78, 5) is 3.40. The maximum atomic E-state index is 12.6. The minimum atomic E-state index is -5.20. The van der Waals surface area contributed by atoms with Crippen LogP contribution in [0.1, 0.15) is 11.1 Å². The maximum absolute atomic E-state index is 12.6. The SMILES string of the molecule is Cc1cnc(I)c(OC(F)(F)F)c1C(F)(F)F. The molecule has 1 aromatic rings. The van der Waals surface area contributed by atoms with Crippen molar-refractivity contribution in [2.24, 2.45) is 0 Å². The number of pyridine rings is 1. The lowest BCUT2D eigenvalue weighted by atomic mass is 10.1. The molecule has 0 saturated heterocycles. The second-order valence-electron chi connectivity index (χ2n) is 2.98. The average Bonchev–Trinajstić information content (AvgIpc) is 2.06. The van der Waals surface area contributed by atoms with Gasteiger partial charge in [0.1, 0.15) is 9.26 Å². The van der Waals surface area contributed by atoms with Crippen LogP contribution >= 0.6 is 22.6 Å². The van der Waals surface area contributed by atoms with E-state index in [0.717, 1.165) is 13.1 Å². The molecule has 0 aliphatic rings. The molecular formula is C8H4F6INO. The Morgan fingerprint density at radius 2 is 1.71 bits per heavy atom. The van der Waals surface area contributed by atoms with Crippen molar-refractivity contribution in [3.05, 3.63) is 21.0 Å². The van der Waals surface area contributed by atoms with Gasteiger partial charge in [-0.05, 0) is 35.1 Å². The summed E-state index contributed by atoms with van der Waals surface area (Å²) in [5.74, 6) is -1.31. The van der Waals surface area contributed by atoms with Crippen molar-refractivity contribution in [2.45, 2.75) is 19.5 Å². The zero-order chi connectivity index (χ0) is 13.4. The third-order valence-electron chi connectivity index (χ3n) is 1.68. The molecule has 0 fully saturated rings. The number of alkyl halides is 6. The number of ether oxygens (including phenoxy) is 1. The lowest BCUT2D eigenvalue weighted by molar-refractivity contribution is -0.276. The van der Waals surface area contributed by atoms with Crippen LogP contribution in [0.4, 0.5) is 26.3 Å². The Morgan fingerprint density at radius 1 is 1.18 bits per heavy atom. The Morgan fingerprint density at radius 3 is 2.12 bits per heavy atom. The van der Waals surface area contributed by atoms with E-state index < -0.39 is 33.1 Å². The number of halogens is 7. The average molecular weight is 371 g/mol. The molecule has 1 rings (SSSR count). The third kappa shape index (κ3) is 3.61. The summed E-state index contributed by atoms with van der Waals surface area (Å²) < 4.78 is 76.6. The molecule has 1 aromatic heterocycles. The topological polar surface area (TPSA) is 22.1 Å². The number of rotatable bonds is 1. The molecule has 0 saturated carbocycles. The van der Waals surface area contributed by atoms with Gasteiger partial charge in [-0.15, -0.1) is 13.2 Å². The van der Waals surface area contributed by atoms with Gasteiger partial charge < -0.3 is 4.74 Å². The Bertz CT molecular complexity index is 427. The van der Waals surface area contributed by atoms with Crippen LogP contribution < -0.4 is 4.74 Å². The van der Waals surface area contributed by atoms with E-state index in [-0.39, 0.29) is 0 Å². The molecule has 0 radical (unpaired) electrons. The minimum Gasteiger partial charge on any atom is -0.402 e. The van der Waals surface area contributed by atoms with Gasteiger partial charge in [-0.1, -0.05) is 0 Å². The van der Waals surface area contributed by atoms with Crippen LogP contribution in [0.2, 0.25) is 0 Å². The molecule has 2 nitrogen and oxygen atoms in total. The van der Waals surface area contributed by atoms with E-state index in [1.165, 1.54) is 22.6 Å². The lowest BCUT2D eigenvalue weighted by Gasteiger charge is -2.17. The van der Waals surface area contributed by atoms with E-state index >= 15 is 0 Å². The summed E-state index contributed by atoms with van der Waals surface area (Å²) in [5.41, 5.74) is -1.90. The molecule has 0 spiro atoms. The van der Waals surface area contributed by atoms with Crippen molar-refractivity contribution in [3.63, 3.8) is 0 Å². The maximum Gasteiger partial charge on any atom is 0.573 e. The largest absolute Gasteiger partial charge is 0.573 e. The first-order valence-corrected chi connectivity index (χ1v) is 5.08. The summed E-state index contributed by atoms with van der Waals surface area (Å²) >= 11 is 1.25. The summed E-state index contributed by atoms with van der Waals surface area (Å²) in [6.45, 7) is 1.01. The number of aromatic nitrogens is 1. The van der Waals surface area contributed by atoms with Crippen LogP contribution in [-0.2, 0) is 6.18 Å². The minimum absolute atomic E-state index is 0.433. The van der Waals surface area contributed by atoms with E-state index in [2.05, 4.69) is 9.72 Å². The number of aryl methyl sites for hydroxylation is 1. The van der Waals surface area contributed by atoms with Gasteiger partial charge in [0.25, 0.3) is 0 Å². The zero-order valence-electron chi connectivity index (χ0n) is 8.08. The highest BCUT2D eigenvalue weighted by Crippen LogP contribution is 2.41. The van der Waals surface area contributed by atoms with Crippen molar-refractivity contribution >= 4 is 22.6 Å². The normalized spacial score (nSPS) is 12.7. The quantitative estimate of drug-likeness (QED) is 0.424. The van der Waals surface area contributed by atoms with E-state index in [4.69, 9.17) is 0 Å². The van der Waals surface area contributed by atoms with E-state index in [1.807, 2.05) is 0 Å². The van der Waals surface area contributed by atoms with Gasteiger partial charge in [-0.2, -0.15) is 13.2 Å². The molecule has 0 unspecified atom stereocenters. The molecular weight excluding hydrogens is 367 g/mol. The van der Waals surface area contributed by atoms with Crippen LogP contribution in [-0.4, -0.2) is 11.3 Å². The number of nitrogens with zero attached hydrogens (tertiary/aromatic N) is 1. The van der Waals surface area contributed by atoms with Crippen LogP contribution in [0.25, 0.3) is 0 Å². The highest BCUT2D eigenvalue weighted by Gasteiger charge is 2.42. The third-order valence-corrected chi connectivity index (χ3v) is 2.45. The molecule has 17 heavy (non-hydrogen) atoms. The van der Waals surface area contributed by atoms with Crippen molar-refractivity contribution in [1.29, 1.82) is 0 Å². The van der Waals surface area contributed by atoms with E-state index in [9.17, 15) is 26.3 Å². The van der Waals surface area contributed by atoms with Gasteiger partial charge in [0.05, 0.1) is 0 Å². The molecule has 0 bridgehead atoms. The second kappa shape index (κ2) is 4.50. The number of hydrogen-bond donors (Lipinski definition) is 0. The fourth-order valence-electron chi connectivity index (χ4n) is 1.12. The molecule has 1 heterocycles. The molecule has 0 aromatic carbocycles. The summed E-state index contributed by atoms with van der Waals surface area (Å²) in [6, 6.07) is 0. The predicted molar refractivity (Wildman–Crippen MR) is 53.4 cm³/mol. The monoisotopic (exact) mass is 371 g/mol. The molecule has 0 aliphatic heterocycles. The van der Waals surface area contributed by atoms with Crippen LogP contribution in [0.3, 0.4) is 0 Å². The molecule has 0 aliphatic carbocycles. The van der Waals surface area contributed by atoms with Gasteiger partial charge in [-0.3, -0.25) is 0 Å². The van der Waals surface area contributed by atoms with Gasteiger partial charge in [0, 0.05) is 6.20 Å². The highest BCUT2D eigenvalue weighted by atomic mass is 127. The van der Waals surface area contributed by atoms with Crippen LogP contribution in [0, 0.1) is 10.6 Å². The van der Waals surface area contributed by atoms with Gasteiger partial charge in [0.15, 0.2) is 5.75 Å². The first-order valence-electron chi connectivity index (χ1n) is 4.00. The Kier molecular flexibility index (Phi) is 3.79. The van der Waals surface area contributed by atoms with Crippen LogP contribution in [0.5, 0.6) is 5.75 Å². The van der Waals surface area contributed by atoms with Crippen molar-refractivity contribution in [2.75, 3.05) is 0 Å². The fraction of sp³-hybridized carbons (Fsp3) is 0.375. The molecule has 0 amide bonds. The fourth-order valence-corrected chi connectivity index (χ4v) is 1.64. The summed E-state index contributed by atoms with van der Waals surface area (Å²) in [5, 5.41) is 0. The first-order chi connectivity index (χ1) is 7.52. The van der Waals surface area contributed by atoms with E-state index in [0.29, 0.717) is 0 Å². The predicted octanol–water partition coefficient (Wildman–Crippen LogP) is 3.91. The molecule has 0 N–H and O–H groups in total. The Balaban J connectivity index is 3.41. The smallest absolute Gasteiger partial charge is 0.402 e. The summed E-state index contributed by atoms with van der Waals surface area (Å²) in [6.07, 6.45) is -9.29. The summed E-state index contributed by atoms with van der Waals surface area (Å²) in [7, 11) is 0. The van der Waals surface area contributed by atoms with Gasteiger partial charge >= 0.3 is 12.5 Å². The highest BCUT2D eigenvalue weighted by molar-refractivity contribution is 14.1.